The number of benzene rings is 3. The molecule has 6 heteroatoms. The summed E-state index contributed by atoms with van der Waals surface area (Å²) in [6, 6.07) is 8.14. The van der Waals surface area contributed by atoms with Crippen molar-refractivity contribution in [1.82, 2.24) is 4.90 Å². The number of nitrogens with zero attached hydrogens (tertiary/aromatic N) is 1. The lowest BCUT2D eigenvalue weighted by Crippen LogP contribution is -2.39. The van der Waals surface area contributed by atoms with E-state index in [9.17, 15) is 5.11 Å². The molecule has 6 nitrogen and oxygen atoms in total. The van der Waals surface area contributed by atoms with Crippen LogP contribution in [-0.2, 0) is 6.54 Å². The van der Waals surface area contributed by atoms with Gasteiger partial charge in [-0.15, -0.1) is 0 Å². The minimum atomic E-state index is -0.547. The smallest absolute Gasteiger partial charge is 0.169 e. The van der Waals surface area contributed by atoms with Gasteiger partial charge >= 0.3 is 0 Å². The van der Waals surface area contributed by atoms with Crippen LogP contribution >= 0.6 is 0 Å². The highest BCUT2D eigenvalue weighted by atomic mass is 16.5. The summed E-state index contributed by atoms with van der Waals surface area (Å²) in [5, 5.41) is 15.4. The van der Waals surface area contributed by atoms with Crippen molar-refractivity contribution < 1.29 is 24.1 Å². The van der Waals surface area contributed by atoms with Gasteiger partial charge in [0.2, 0.25) is 0 Å². The van der Waals surface area contributed by atoms with Crippen molar-refractivity contribution in [3.8, 4) is 23.0 Å². The van der Waals surface area contributed by atoms with Crippen LogP contribution in [0.3, 0.4) is 0 Å². The fourth-order valence-corrected chi connectivity index (χ4v) is 5.37. The molecule has 0 radical (unpaired) electrons. The van der Waals surface area contributed by atoms with Gasteiger partial charge in [-0.3, -0.25) is 4.90 Å². The second-order valence-electron chi connectivity index (χ2n) is 7.99. The van der Waals surface area contributed by atoms with Crippen LogP contribution in [0, 0.1) is 0 Å². The molecule has 0 unspecified atom stereocenters. The third-order valence-corrected chi connectivity index (χ3v) is 6.71. The van der Waals surface area contributed by atoms with Crippen LogP contribution in [0.4, 0.5) is 0 Å². The molecule has 1 N–H and O–H groups in total. The molecule has 2 aliphatic rings. The zero-order chi connectivity index (χ0) is 21.0. The quantitative estimate of drug-likeness (QED) is 0.657. The van der Waals surface area contributed by atoms with E-state index in [2.05, 4.69) is 4.90 Å². The molecule has 2 heterocycles. The Bertz CT molecular complexity index is 1140. The van der Waals surface area contributed by atoms with Gasteiger partial charge in [0.15, 0.2) is 23.0 Å². The van der Waals surface area contributed by atoms with Crippen molar-refractivity contribution in [2.75, 3.05) is 35.0 Å². The molecule has 0 saturated carbocycles. The number of methoxy groups -OCH3 is 4. The van der Waals surface area contributed by atoms with Crippen molar-refractivity contribution in [3.63, 3.8) is 0 Å². The predicted molar refractivity (Wildman–Crippen MR) is 116 cm³/mol. The third kappa shape index (κ3) is 2.57. The molecular weight excluding hydrogens is 382 g/mol. The standard InChI is InChI=1S/C24H27NO5/c1-27-18-8-7-13-21-16(12-25-9-5-6-17(25)23(21)26)14-10-19(28-2)20(29-3)11-15(14)22(13)24(18)30-4/h7-8,10-11,17,23,26H,5-6,9,12H2,1-4H3/t17-,23+/m1/s1. The summed E-state index contributed by atoms with van der Waals surface area (Å²) in [4.78, 5) is 2.40. The van der Waals surface area contributed by atoms with Crippen LogP contribution < -0.4 is 18.9 Å². The van der Waals surface area contributed by atoms with E-state index in [0.29, 0.717) is 23.0 Å². The first kappa shape index (κ1) is 19.3. The van der Waals surface area contributed by atoms with Gasteiger partial charge in [0.1, 0.15) is 0 Å². The zero-order valence-electron chi connectivity index (χ0n) is 17.8. The minimum Gasteiger partial charge on any atom is -0.493 e. The molecule has 30 heavy (non-hydrogen) atoms. The first-order chi connectivity index (χ1) is 14.6. The first-order valence-corrected chi connectivity index (χ1v) is 10.3. The molecule has 5 rings (SSSR count). The van der Waals surface area contributed by atoms with E-state index < -0.39 is 6.10 Å². The maximum Gasteiger partial charge on any atom is 0.169 e. The zero-order valence-corrected chi connectivity index (χ0v) is 17.8. The first-order valence-electron chi connectivity index (χ1n) is 10.3. The summed E-state index contributed by atoms with van der Waals surface area (Å²) in [6.45, 7) is 1.83. The van der Waals surface area contributed by atoms with Crippen LogP contribution in [0.15, 0.2) is 24.3 Å². The largest absolute Gasteiger partial charge is 0.493 e. The van der Waals surface area contributed by atoms with Gasteiger partial charge in [0.25, 0.3) is 0 Å². The Balaban J connectivity index is 1.97. The number of hydrogen-bond donors (Lipinski definition) is 1. The van der Waals surface area contributed by atoms with Gasteiger partial charge in [0, 0.05) is 18.0 Å². The number of ether oxygens (including phenoxy) is 4. The Morgan fingerprint density at radius 3 is 2.23 bits per heavy atom. The molecule has 0 amide bonds. The highest BCUT2D eigenvalue weighted by Crippen LogP contribution is 2.50. The topological polar surface area (TPSA) is 60.4 Å². The summed E-state index contributed by atoms with van der Waals surface area (Å²) >= 11 is 0. The molecule has 158 valence electrons. The van der Waals surface area contributed by atoms with Crippen LogP contribution in [0.5, 0.6) is 23.0 Å². The van der Waals surface area contributed by atoms with E-state index in [1.54, 1.807) is 28.4 Å². The SMILES string of the molecule is COc1cc2c3c(c4ccc(OC)c(OC)c4c2cc1OC)[C@@H](O)[C@H]1CCCN1C3. The summed E-state index contributed by atoms with van der Waals surface area (Å²) in [5.41, 5.74) is 2.14. The number of rotatable bonds is 4. The fourth-order valence-electron chi connectivity index (χ4n) is 5.37. The van der Waals surface area contributed by atoms with Gasteiger partial charge in [-0.25, -0.2) is 0 Å². The van der Waals surface area contributed by atoms with E-state index in [1.807, 2.05) is 24.3 Å². The molecule has 0 aromatic heterocycles. The summed E-state index contributed by atoms with van der Waals surface area (Å²) < 4.78 is 22.6. The van der Waals surface area contributed by atoms with Crippen LogP contribution in [0.1, 0.15) is 30.1 Å². The van der Waals surface area contributed by atoms with E-state index in [-0.39, 0.29) is 6.04 Å². The van der Waals surface area contributed by atoms with Gasteiger partial charge in [-0.1, -0.05) is 6.07 Å². The van der Waals surface area contributed by atoms with Gasteiger partial charge in [0.05, 0.1) is 34.5 Å². The Hall–Kier alpha value is -2.70. The van der Waals surface area contributed by atoms with E-state index in [1.165, 1.54) is 0 Å². The third-order valence-electron chi connectivity index (χ3n) is 6.71. The molecule has 3 aromatic rings. The van der Waals surface area contributed by atoms with Gasteiger partial charge < -0.3 is 24.1 Å². The van der Waals surface area contributed by atoms with Crippen molar-refractivity contribution in [3.05, 3.63) is 35.4 Å². The van der Waals surface area contributed by atoms with E-state index in [4.69, 9.17) is 18.9 Å². The minimum absolute atomic E-state index is 0.159. The Kier molecular flexibility index (Phi) is 4.64. The predicted octanol–water partition coefficient (Wildman–Crippen LogP) is 4.04. The summed E-state index contributed by atoms with van der Waals surface area (Å²) in [5.74, 6) is 2.66. The molecule has 1 fully saturated rings. The molecule has 2 atom stereocenters. The molecule has 3 aromatic carbocycles. The lowest BCUT2D eigenvalue weighted by Gasteiger charge is -2.37. The number of aliphatic hydroxyl groups is 1. The van der Waals surface area contributed by atoms with Crippen LogP contribution in [0.25, 0.3) is 21.5 Å². The molecule has 1 saturated heterocycles. The lowest BCUT2D eigenvalue weighted by molar-refractivity contribution is 0.0552. The molecule has 0 aliphatic carbocycles. The highest BCUT2D eigenvalue weighted by molar-refractivity contribution is 6.15. The average Bonchev–Trinajstić information content (AvgIpc) is 3.26. The van der Waals surface area contributed by atoms with Crippen LogP contribution in [-0.4, -0.2) is 51.0 Å². The van der Waals surface area contributed by atoms with Crippen molar-refractivity contribution in [1.29, 1.82) is 0 Å². The Morgan fingerprint density at radius 2 is 1.57 bits per heavy atom. The monoisotopic (exact) mass is 409 g/mol. The van der Waals surface area contributed by atoms with Gasteiger partial charge in [-0.05, 0) is 64.9 Å². The second kappa shape index (κ2) is 7.22. The van der Waals surface area contributed by atoms with Crippen molar-refractivity contribution in [2.24, 2.45) is 0 Å². The molecular formula is C24H27NO5. The maximum absolute atomic E-state index is 11.4. The molecule has 0 spiro atoms. The Labute approximate surface area is 175 Å². The maximum atomic E-state index is 11.4. The molecule has 2 aliphatic heterocycles. The summed E-state index contributed by atoms with van der Waals surface area (Å²) in [6.07, 6.45) is 1.58. The van der Waals surface area contributed by atoms with Crippen molar-refractivity contribution in [2.45, 2.75) is 31.5 Å². The number of aliphatic hydroxyl groups excluding tert-OH is 1. The second-order valence-corrected chi connectivity index (χ2v) is 7.99. The number of fused-ring (bicyclic) bond motifs is 7. The highest BCUT2D eigenvalue weighted by Gasteiger charge is 2.39. The number of hydrogen-bond acceptors (Lipinski definition) is 6. The van der Waals surface area contributed by atoms with Crippen LogP contribution in [0.2, 0.25) is 0 Å². The fraction of sp³-hybridized carbons (Fsp3) is 0.417. The summed E-state index contributed by atoms with van der Waals surface area (Å²) in [7, 11) is 6.57. The van der Waals surface area contributed by atoms with Gasteiger partial charge in [-0.2, -0.15) is 0 Å². The van der Waals surface area contributed by atoms with E-state index in [0.717, 1.165) is 58.6 Å². The molecule has 0 bridgehead atoms. The Morgan fingerprint density at radius 1 is 0.867 bits per heavy atom. The van der Waals surface area contributed by atoms with E-state index >= 15 is 0 Å². The van der Waals surface area contributed by atoms with Crippen molar-refractivity contribution >= 4 is 21.5 Å². The normalized spacial score (nSPS) is 20.8. The lowest BCUT2D eigenvalue weighted by atomic mass is 9.83. The average molecular weight is 409 g/mol.